The van der Waals surface area contributed by atoms with E-state index in [-0.39, 0.29) is 12.0 Å². The average molecular weight is 226 g/mol. The lowest BCUT2D eigenvalue weighted by molar-refractivity contribution is -0.402. The van der Waals surface area contributed by atoms with Crippen LogP contribution in [0.2, 0.25) is 0 Å². The molecule has 0 spiro atoms. The molecule has 88 valence electrons. The van der Waals surface area contributed by atoms with Gasteiger partial charge >= 0.3 is 5.88 Å². The highest BCUT2D eigenvalue weighted by Crippen LogP contribution is 2.17. The molecule has 2 rings (SSSR count). The van der Waals surface area contributed by atoms with Crippen molar-refractivity contribution in [2.45, 2.75) is 25.6 Å². The molecule has 0 unspecified atom stereocenters. The lowest BCUT2D eigenvalue weighted by Crippen LogP contribution is -2.35. The van der Waals surface area contributed by atoms with Crippen molar-refractivity contribution in [2.24, 2.45) is 0 Å². The summed E-state index contributed by atoms with van der Waals surface area (Å²) < 4.78 is 10.6. The van der Waals surface area contributed by atoms with Gasteiger partial charge in [-0.1, -0.05) is 0 Å². The zero-order valence-corrected chi connectivity index (χ0v) is 8.85. The molecule has 1 aliphatic rings. The first-order valence-electron chi connectivity index (χ1n) is 5.31. The number of hydrogen-bond acceptors (Lipinski definition) is 5. The number of piperidine rings is 1. The minimum atomic E-state index is -0.550. The normalized spacial score (nSPS) is 20.9. The van der Waals surface area contributed by atoms with Crippen LogP contribution in [0.25, 0.3) is 0 Å². The van der Waals surface area contributed by atoms with E-state index in [1.54, 1.807) is 6.07 Å². The van der Waals surface area contributed by atoms with Crippen LogP contribution in [0.4, 0.5) is 5.88 Å². The molecular formula is C10H14N2O4. The summed E-state index contributed by atoms with van der Waals surface area (Å²) in [6, 6.07) is 2.92. The third-order valence-corrected chi connectivity index (χ3v) is 2.54. The maximum Gasteiger partial charge on any atom is 0.433 e. The fourth-order valence-corrected chi connectivity index (χ4v) is 1.70. The van der Waals surface area contributed by atoms with Gasteiger partial charge in [-0.15, -0.1) is 0 Å². The summed E-state index contributed by atoms with van der Waals surface area (Å²) in [4.78, 5) is 9.83. The highest BCUT2D eigenvalue weighted by Gasteiger charge is 2.16. The topological polar surface area (TPSA) is 77.5 Å². The van der Waals surface area contributed by atoms with Gasteiger partial charge in [-0.25, -0.2) is 0 Å². The highest BCUT2D eigenvalue weighted by molar-refractivity contribution is 5.17. The fraction of sp³-hybridized carbons (Fsp3) is 0.600. The number of nitrogens with one attached hydrogen (secondary N) is 1. The maximum absolute atomic E-state index is 10.4. The monoisotopic (exact) mass is 226 g/mol. The standard InChI is InChI=1S/C10H14N2O4/c13-12(14)10-4-3-9(16-10)7-15-8-2-1-5-11-6-8/h3-4,8,11H,1-2,5-7H2/t8-/m0/s1. The van der Waals surface area contributed by atoms with Gasteiger partial charge in [-0.05, 0) is 25.5 Å². The second-order valence-corrected chi connectivity index (χ2v) is 3.78. The number of rotatable bonds is 4. The molecule has 1 aliphatic heterocycles. The van der Waals surface area contributed by atoms with Gasteiger partial charge in [0.05, 0.1) is 12.2 Å². The summed E-state index contributed by atoms with van der Waals surface area (Å²) in [5.74, 6) is 0.262. The van der Waals surface area contributed by atoms with Gasteiger partial charge in [0, 0.05) is 6.54 Å². The van der Waals surface area contributed by atoms with Crippen LogP contribution >= 0.6 is 0 Å². The first-order chi connectivity index (χ1) is 7.75. The first kappa shape index (κ1) is 11.1. The molecule has 1 N–H and O–H groups in total. The molecule has 0 aliphatic carbocycles. The first-order valence-corrected chi connectivity index (χ1v) is 5.31. The third-order valence-electron chi connectivity index (χ3n) is 2.54. The molecule has 1 atom stereocenters. The largest absolute Gasteiger partial charge is 0.433 e. The summed E-state index contributed by atoms with van der Waals surface area (Å²) >= 11 is 0. The molecular weight excluding hydrogens is 212 g/mol. The average Bonchev–Trinajstić information content (AvgIpc) is 2.76. The molecule has 0 bridgehead atoms. The SMILES string of the molecule is O=[N+]([O-])c1ccc(CO[C@H]2CCCNC2)o1. The van der Waals surface area contributed by atoms with E-state index in [4.69, 9.17) is 9.15 Å². The number of hydrogen-bond donors (Lipinski definition) is 1. The van der Waals surface area contributed by atoms with Gasteiger partial charge in [0.25, 0.3) is 0 Å². The summed E-state index contributed by atoms with van der Waals surface area (Å²) in [5.41, 5.74) is 0. The van der Waals surface area contributed by atoms with Crippen molar-refractivity contribution >= 4 is 5.88 Å². The number of furan rings is 1. The Kier molecular flexibility index (Phi) is 3.53. The Hall–Kier alpha value is -1.40. The van der Waals surface area contributed by atoms with Crippen LogP contribution in [0.3, 0.4) is 0 Å². The van der Waals surface area contributed by atoms with Crippen molar-refractivity contribution in [2.75, 3.05) is 13.1 Å². The molecule has 1 saturated heterocycles. The Morgan fingerprint density at radius 3 is 3.12 bits per heavy atom. The number of ether oxygens (including phenoxy) is 1. The Morgan fingerprint density at radius 2 is 2.50 bits per heavy atom. The third kappa shape index (κ3) is 2.80. The van der Waals surface area contributed by atoms with Crippen molar-refractivity contribution in [3.8, 4) is 0 Å². The van der Waals surface area contributed by atoms with Crippen molar-refractivity contribution < 1.29 is 14.1 Å². The summed E-state index contributed by atoms with van der Waals surface area (Å²) in [6.07, 6.45) is 2.30. The second kappa shape index (κ2) is 5.09. The van der Waals surface area contributed by atoms with Crippen LogP contribution in [0, 0.1) is 10.1 Å². The molecule has 0 amide bonds. The van der Waals surface area contributed by atoms with Gasteiger partial charge in [-0.3, -0.25) is 10.1 Å². The van der Waals surface area contributed by atoms with E-state index in [9.17, 15) is 10.1 Å². The summed E-state index contributed by atoms with van der Waals surface area (Å²) in [6.45, 7) is 2.16. The molecule has 1 aromatic heterocycles. The van der Waals surface area contributed by atoms with Crippen LogP contribution in [-0.2, 0) is 11.3 Å². The van der Waals surface area contributed by atoms with Crippen LogP contribution in [0.15, 0.2) is 16.5 Å². The predicted octanol–water partition coefficient (Wildman–Crippen LogP) is 1.46. The molecule has 16 heavy (non-hydrogen) atoms. The quantitative estimate of drug-likeness (QED) is 0.621. The van der Waals surface area contributed by atoms with Gasteiger partial charge in [-0.2, -0.15) is 0 Å². The zero-order chi connectivity index (χ0) is 11.4. The molecule has 0 saturated carbocycles. The molecule has 1 aromatic rings. The molecule has 1 fully saturated rings. The lowest BCUT2D eigenvalue weighted by Gasteiger charge is -2.22. The minimum absolute atomic E-state index is 0.179. The molecule has 0 radical (unpaired) electrons. The second-order valence-electron chi connectivity index (χ2n) is 3.78. The van der Waals surface area contributed by atoms with Crippen molar-refractivity contribution in [1.29, 1.82) is 0 Å². The summed E-state index contributed by atoms with van der Waals surface area (Å²) in [5, 5.41) is 13.6. The van der Waals surface area contributed by atoms with Crippen LogP contribution in [0.5, 0.6) is 0 Å². The number of nitrogens with zero attached hydrogens (tertiary/aromatic N) is 1. The Balaban J connectivity index is 1.81. The predicted molar refractivity (Wildman–Crippen MR) is 56.0 cm³/mol. The number of nitro groups is 1. The Morgan fingerprint density at radius 1 is 1.62 bits per heavy atom. The van der Waals surface area contributed by atoms with E-state index < -0.39 is 4.92 Å². The Labute approximate surface area is 92.7 Å². The van der Waals surface area contributed by atoms with E-state index in [0.29, 0.717) is 12.4 Å². The minimum Gasteiger partial charge on any atom is -0.403 e. The zero-order valence-electron chi connectivity index (χ0n) is 8.85. The van der Waals surface area contributed by atoms with E-state index in [1.807, 2.05) is 0 Å². The maximum atomic E-state index is 10.4. The Bertz CT molecular complexity index is 357. The lowest BCUT2D eigenvalue weighted by atomic mass is 10.1. The van der Waals surface area contributed by atoms with Crippen molar-refractivity contribution in [3.63, 3.8) is 0 Å². The smallest absolute Gasteiger partial charge is 0.403 e. The van der Waals surface area contributed by atoms with E-state index >= 15 is 0 Å². The van der Waals surface area contributed by atoms with Crippen molar-refractivity contribution in [1.82, 2.24) is 5.32 Å². The van der Waals surface area contributed by atoms with Gasteiger partial charge in [0.2, 0.25) is 0 Å². The van der Waals surface area contributed by atoms with E-state index in [0.717, 1.165) is 25.9 Å². The van der Waals surface area contributed by atoms with Crippen molar-refractivity contribution in [3.05, 3.63) is 28.0 Å². The van der Waals surface area contributed by atoms with E-state index in [2.05, 4.69) is 5.32 Å². The molecule has 6 nitrogen and oxygen atoms in total. The van der Waals surface area contributed by atoms with Gasteiger partial charge < -0.3 is 14.5 Å². The van der Waals surface area contributed by atoms with E-state index in [1.165, 1.54) is 6.07 Å². The van der Waals surface area contributed by atoms with Gasteiger partial charge in [0.1, 0.15) is 17.3 Å². The molecule has 0 aromatic carbocycles. The van der Waals surface area contributed by atoms with Crippen LogP contribution in [-0.4, -0.2) is 24.1 Å². The van der Waals surface area contributed by atoms with Gasteiger partial charge in [0.15, 0.2) is 0 Å². The highest BCUT2D eigenvalue weighted by atomic mass is 16.6. The fourth-order valence-electron chi connectivity index (χ4n) is 1.70. The van der Waals surface area contributed by atoms with Crippen LogP contribution in [0.1, 0.15) is 18.6 Å². The van der Waals surface area contributed by atoms with Crippen LogP contribution < -0.4 is 5.32 Å². The molecule has 6 heteroatoms. The summed E-state index contributed by atoms with van der Waals surface area (Å²) in [7, 11) is 0. The molecule has 2 heterocycles.